The van der Waals surface area contributed by atoms with E-state index >= 15 is 0 Å². The van der Waals surface area contributed by atoms with Gasteiger partial charge in [-0.2, -0.15) is 0 Å². The minimum absolute atomic E-state index is 0.0241. The van der Waals surface area contributed by atoms with Crippen molar-refractivity contribution < 1.29 is 24.3 Å². The van der Waals surface area contributed by atoms with Gasteiger partial charge in [0.1, 0.15) is 6.54 Å². The molecule has 0 bridgehead atoms. The maximum atomic E-state index is 11.9. The van der Waals surface area contributed by atoms with Crippen LogP contribution in [0.25, 0.3) is 0 Å². The number of hydrogen-bond acceptors (Lipinski definition) is 4. The van der Waals surface area contributed by atoms with Gasteiger partial charge in [0.15, 0.2) is 11.4 Å². The zero-order chi connectivity index (χ0) is 14.4. The second-order valence-corrected chi connectivity index (χ2v) is 5.58. The van der Waals surface area contributed by atoms with Crippen molar-refractivity contribution >= 4 is 11.8 Å². The highest BCUT2D eigenvalue weighted by Gasteiger charge is 2.39. The van der Waals surface area contributed by atoms with Gasteiger partial charge in [0, 0.05) is 12.4 Å². The number of aliphatic hydroxyl groups is 1. The second-order valence-electron chi connectivity index (χ2n) is 5.58. The normalized spacial score (nSPS) is 15.6. The SMILES string of the molecule is CCCC=CC(=O)[C@@](O)(CC(=O)[O-])C[N+](C)(C)C. The van der Waals surface area contributed by atoms with Crippen LogP contribution >= 0.6 is 0 Å². The van der Waals surface area contributed by atoms with Crippen LogP contribution in [0.3, 0.4) is 0 Å². The summed E-state index contributed by atoms with van der Waals surface area (Å²) in [4.78, 5) is 22.6. The predicted octanol–water partition coefficient (Wildman–Crippen LogP) is -0.511. The monoisotopic (exact) mass is 257 g/mol. The van der Waals surface area contributed by atoms with E-state index in [2.05, 4.69) is 0 Å². The molecule has 0 unspecified atom stereocenters. The lowest BCUT2D eigenvalue weighted by Crippen LogP contribution is -2.55. The van der Waals surface area contributed by atoms with Crippen molar-refractivity contribution in [2.45, 2.75) is 31.8 Å². The molecule has 5 nitrogen and oxygen atoms in total. The van der Waals surface area contributed by atoms with E-state index in [1.807, 2.05) is 6.92 Å². The number of carboxylic acid groups (broad SMARTS) is 1. The van der Waals surface area contributed by atoms with Crippen LogP contribution in [0.2, 0.25) is 0 Å². The van der Waals surface area contributed by atoms with Crippen molar-refractivity contribution in [3.05, 3.63) is 12.2 Å². The Labute approximate surface area is 108 Å². The number of quaternary nitrogens is 1. The van der Waals surface area contributed by atoms with E-state index in [0.29, 0.717) is 0 Å². The molecule has 0 aromatic carbocycles. The van der Waals surface area contributed by atoms with Crippen molar-refractivity contribution in [2.75, 3.05) is 27.7 Å². The van der Waals surface area contributed by atoms with Gasteiger partial charge in [-0.05, 0) is 12.5 Å². The van der Waals surface area contributed by atoms with E-state index in [9.17, 15) is 19.8 Å². The van der Waals surface area contributed by atoms with Crippen LogP contribution in [-0.4, -0.2) is 54.6 Å². The average molecular weight is 257 g/mol. The first-order valence-corrected chi connectivity index (χ1v) is 6.04. The van der Waals surface area contributed by atoms with Gasteiger partial charge in [-0.25, -0.2) is 0 Å². The van der Waals surface area contributed by atoms with E-state index in [1.165, 1.54) is 6.08 Å². The van der Waals surface area contributed by atoms with Crippen LogP contribution in [0, 0.1) is 0 Å². The highest BCUT2D eigenvalue weighted by atomic mass is 16.4. The minimum atomic E-state index is -1.90. The molecule has 0 amide bonds. The Bertz CT molecular complexity index is 330. The molecule has 0 heterocycles. The third-order valence-electron chi connectivity index (χ3n) is 2.36. The Hall–Kier alpha value is -1.20. The number of hydrogen-bond donors (Lipinski definition) is 1. The number of carbonyl (C=O) groups excluding carboxylic acids is 2. The van der Waals surface area contributed by atoms with Gasteiger partial charge in [-0.1, -0.05) is 19.4 Å². The fraction of sp³-hybridized carbons (Fsp3) is 0.692. The fourth-order valence-electron chi connectivity index (χ4n) is 1.76. The van der Waals surface area contributed by atoms with Crippen LogP contribution in [0.15, 0.2) is 12.2 Å². The second kappa shape index (κ2) is 6.66. The zero-order valence-corrected chi connectivity index (χ0v) is 11.6. The lowest BCUT2D eigenvalue weighted by Gasteiger charge is -2.34. The Morgan fingerprint density at radius 2 is 1.89 bits per heavy atom. The van der Waals surface area contributed by atoms with Crippen molar-refractivity contribution in [3.63, 3.8) is 0 Å². The van der Waals surface area contributed by atoms with Crippen molar-refractivity contribution in [1.82, 2.24) is 0 Å². The average Bonchev–Trinajstić information content (AvgIpc) is 2.13. The summed E-state index contributed by atoms with van der Waals surface area (Å²) in [7, 11) is 5.34. The van der Waals surface area contributed by atoms with E-state index < -0.39 is 23.8 Å². The number of rotatable bonds is 8. The fourth-order valence-corrected chi connectivity index (χ4v) is 1.76. The molecule has 104 valence electrons. The summed E-state index contributed by atoms with van der Waals surface area (Å²) in [5, 5.41) is 20.9. The van der Waals surface area contributed by atoms with Gasteiger partial charge in [0.25, 0.3) is 0 Å². The molecule has 5 heteroatoms. The van der Waals surface area contributed by atoms with Crippen molar-refractivity contribution in [1.29, 1.82) is 0 Å². The number of unbranched alkanes of at least 4 members (excludes halogenated alkanes) is 1. The van der Waals surface area contributed by atoms with E-state index in [4.69, 9.17) is 0 Å². The number of ketones is 1. The predicted molar refractivity (Wildman–Crippen MR) is 66.5 cm³/mol. The molecular weight excluding hydrogens is 234 g/mol. The van der Waals surface area contributed by atoms with Gasteiger partial charge in [-0.15, -0.1) is 0 Å². The Morgan fingerprint density at radius 3 is 2.28 bits per heavy atom. The molecule has 0 aromatic heterocycles. The molecule has 0 rings (SSSR count). The minimum Gasteiger partial charge on any atom is -0.550 e. The van der Waals surface area contributed by atoms with E-state index in [1.54, 1.807) is 27.2 Å². The molecule has 0 aromatic rings. The molecule has 18 heavy (non-hydrogen) atoms. The number of likely N-dealkylation sites (N-methyl/N-ethyl adjacent to an activating group) is 1. The van der Waals surface area contributed by atoms with E-state index in [0.717, 1.165) is 12.8 Å². The summed E-state index contributed by atoms with van der Waals surface area (Å²) in [5.41, 5.74) is -1.90. The summed E-state index contributed by atoms with van der Waals surface area (Å²) in [6.07, 6.45) is 3.84. The topological polar surface area (TPSA) is 77.4 Å². The van der Waals surface area contributed by atoms with Crippen LogP contribution in [0.1, 0.15) is 26.2 Å². The lowest BCUT2D eigenvalue weighted by atomic mass is 9.92. The molecule has 0 aliphatic heterocycles. The number of carboxylic acids is 1. The van der Waals surface area contributed by atoms with E-state index in [-0.39, 0.29) is 11.0 Å². The highest BCUT2D eigenvalue weighted by molar-refractivity contribution is 5.99. The molecule has 0 saturated carbocycles. The summed E-state index contributed by atoms with van der Waals surface area (Å²) in [6.45, 7) is 1.99. The molecule has 0 spiro atoms. The first-order chi connectivity index (χ1) is 8.10. The Kier molecular flexibility index (Phi) is 6.21. The smallest absolute Gasteiger partial charge is 0.193 e. The van der Waals surface area contributed by atoms with Crippen LogP contribution < -0.4 is 5.11 Å². The number of carbonyl (C=O) groups is 2. The zero-order valence-electron chi connectivity index (χ0n) is 11.6. The molecule has 0 fully saturated rings. The molecule has 0 saturated heterocycles. The highest BCUT2D eigenvalue weighted by Crippen LogP contribution is 2.16. The molecule has 0 aliphatic carbocycles. The van der Waals surface area contributed by atoms with Gasteiger partial charge < -0.3 is 19.5 Å². The first kappa shape index (κ1) is 16.8. The lowest BCUT2D eigenvalue weighted by molar-refractivity contribution is -0.875. The van der Waals surface area contributed by atoms with Crippen molar-refractivity contribution in [2.24, 2.45) is 0 Å². The van der Waals surface area contributed by atoms with Crippen LogP contribution in [-0.2, 0) is 9.59 Å². The summed E-state index contributed by atoms with van der Waals surface area (Å²) in [5.74, 6) is -2.00. The third kappa shape index (κ3) is 6.51. The maximum Gasteiger partial charge on any atom is 0.193 e. The molecule has 1 N–H and O–H groups in total. The number of aliphatic carboxylic acids is 1. The van der Waals surface area contributed by atoms with Gasteiger partial charge >= 0.3 is 0 Å². The Balaban J connectivity index is 4.96. The maximum absolute atomic E-state index is 11.9. The van der Waals surface area contributed by atoms with Gasteiger partial charge in [0.2, 0.25) is 0 Å². The third-order valence-corrected chi connectivity index (χ3v) is 2.36. The standard InChI is InChI=1S/C13H23NO4/c1-5-6-7-8-11(15)13(18,9-12(16)17)10-14(2,3)4/h7-8,18H,5-6,9-10H2,1-4H3/t13-/m1/s1. The summed E-state index contributed by atoms with van der Waals surface area (Å²) in [6, 6.07) is 0. The summed E-state index contributed by atoms with van der Waals surface area (Å²) < 4.78 is 0.289. The quantitative estimate of drug-likeness (QED) is 0.469. The van der Waals surface area contributed by atoms with Crippen molar-refractivity contribution in [3.8, 4) is 0 Å². The number of allylic oxidation sites excluding steroid dienone is 1. The van der Waals surface area contributed by atoms with Gasteiger partial charge in [-0.3, -0.25) is 4.79 Å². The van der Waals surface area contributed by atoms with Crippen LogP contribution in [0.4, 0.5) is 0 Å². The molecular formula is C13H23NO4. The summed E-state index contributed by atoms with van der Waals surface area (Å²) >= 11 is 0. The largest absolute Gasteiger partial charge is 0.550 e. The Morgan fingerprint density at radius 1 is 1.33 bits per heavy atom. The first-order valence-electron chi connectivity index (χ1n) is 6.04. The number of nitrogens with zero attached hydrogens (tertiary/aromatic N) is 1. The molecule has 0 radical (unpaired) electrons. The van der Waals surface area contributed by atoms with Gasteiger partial charge in [0.05, 0.1) is 21.1 Å². The molecule has 1 atom stereocenters. The molecule has 0 aliphatic rings. The van der Waals surface area contributed by atoms with Crippen LogP contribution in [0.5, 0.6) is 0 Å².